The fraction of sp³-hybridized carbons (Fsp3) is 0.200. The molecule has 126 valence electrons. The Labute approximate surface area is 135 Å². The third kappa shape index (κ3) is 3.80. The molecule has 0 saturated carbocycles. The van der Waals surface area contributed by atoms with E-state index in [-0.39, 0.29) is 5.69 Å². The van der Waals surface area contributed by atoms with Crippen LogP contribution in [0.4, 0.5) is 19.3 Å². The number of nitrogens with zero attached hydrogens (tertiary/aromatic N) is 2. The first-order chi connectivity index (χ1) is 11.4. The van der Waals surface area contributed by atoms with E-state index in [0.717, 1.165) is 22.9 Å². The molecule has 0 aliphatic heterocycles. The van der Waals surface area contributed by atoms with E-state index in [1.54, 1.807) is 5.32 Å². The zero-order chi connectivity index (χ0) is 17.7. The molecule has 1 aromatic carbocycles. The summed E-state index contributed by atoms with van der Waals surface area (Å²) in [6.07, 6.45) is 1.97. The van der Waals surface area contributed by atoms with Crippen LogP contribution in [0.2, 0.25) is 0 Å². The van der Waals surface area contributed by atoms with Crippen LogP contribution in [-0.4, -0.2) is 21.7 Å². The average molecular weight is 336 g/mol. The third-order valence-corrected chi connectivity index (χ3v) is 3.01. The van der Waals surface area contributed by atoms with Gasteiger partial charge in [-0.05, 0) is 24.6 Å². The summed E-state index contributed by atoms with van der Waals surface area (Å²) in [7, 11) is 0. The summed E-state index contributed by atoms with van der Waals surface area (Å²) in [5.74, 6) is -3.46. The molecule has 1 heterocycles. The molecule has 0 bridgehead atoms. The Balaban J connectivity index is 2.13. The quantitative estimate of drug-likeness (QED) is 0.892. The van der Waals surface area contributed by atoms with Gasteiger partial charge in [-0.1, -0.05) is 13.0 Å². The number of aromatic nitrogens is 2. The molecule has 1 aromatic heterocycles. The van der Waals surface area contributed by atoms with Crippen molar-refractivity contribution in [3.63, 3.8) is 0 Å². The minimum Gasteiger partial charge on any atom is -0.303 e. The summed E-state index contributed by atoms with van der Waals surface area (Å²) >= 11 is 0. The Morgan fingerprint density at radius 1 is 1.21 bits per heavy atom. The maximum absolute atomic E-state index is 13.5. The van der Waals surface area contributed by atoms with E-state index in [1.165, 1.54) is 12.3 Å². The number of imide groups is 1. The van der Waals surface area contributed by atoms with Crippen LogP contribution in [0.25, 0.3) is 0 Å². The number of urea groups is 1. The molecule has 2 rings (SSSR count). The Kier molecular flexibility index (Phi) is 5.35. The van der Waals surface area contributed by atoms with Crippen molar-refractivity contribution in [3.8, 4) is 0 Å². The molecular formula is C15H14F2N4O3. The number of anilines is 1. The van der Waals surface area contributed by atoms with Crippen LogP contribution in [0.5, 0.6) is 0 Å². The maximum atomic E-state index is 13.5. The van der Waals surface area contributed by atoms with Crippen molar-refractivity contribution < 1.29 is 18.4 Å². The number of aryl methyl sites for hydroxylation is 1. The molecule has 0 radical (unpaired) electrons. The minimum absolute atomic E-state index is 0.113. The monoisotopic (exact) mass is 336 g/mol. The van der Waals surface area contributed by atoms with Crippen LogP contribution in [0.1, 0.15) is 23.7 Å². The van der Waals surface area contributed by atoms with Crippen molar-refractivity contribution in [2.75, 3.05) is 5.32 Å². The SMILES string of the molecule is CCCn1nccc(NC(=O)NC(=O)c2c(F)cccc2F)c1=O. The van der Waals surface area contributed by atoms with E-state index < -0.39 is 34.7 Å². The molecule has 0 aliphatic carbocycles. The number of hydrogen-bond donors (Lipinski definition) is 2. The Bertz CT molecular complexity index is 815. The van der Waals surface area contributed by atoms with Crippen molar-refractivity contribution >= 4 is 17.6 Å². The van der Waals surface area contributed by atoms with Gasteiger partial charge in [0.1, 0.15) is 22.9 Å². The van der Waals surface area contributed by atoms with Crippen LogP contribution in [-0.2, 0) is 6.54 Å². The predicted octanol–water partition coefficient (Wildman–Crippen LogP) is 1.89. The number of carbonyl (C=O) groups excluding carboxylic acids is 2. The van der Waals surface area contributed by atoms with E-state index in [1.807, 2.05) is 6.92 Å². The number of rotatable bonds is 4. The van der Waals surface area contributed by atoms with Gasteiger partial charge in [0.05, 0.1) is 0 Å². The number of hydrogen-bond acceptors (Lipinski definition) is 4. The first-order valence-electron chi connectivity index (χ1n) is 7.06. The minimum atomic E-state index is -1.26. The predicted molar refractivity (Wildman–Crippen MR) is 81.6 cm³/mol. The zero-order valence-electron chi connectivity index (χ0n) is 12.7. The van der Waals surface area contributed by atoms with Crippen LogP contribution in [0, 0.1) is 11.6 Å². The molecule has 3 amide bonds. The number of benzene rings is 1. The first kappa shape index (κ1) is 17.3. The molecule has 2 aromatic rings. The lowest BCUT2D eigenvalue weighted by atomic mass is 10.2. The van der Waals surface area contributed by atoms with Gasteiger partial charge >= 0.3 is 6.03 Å². The molecule has 0 aliphatic rings. The highest BCUT2D eigenvalue weighted by Gasteiger charge is 2.19. The number of nitrogens with one attached hydrogen (secondary N) is 2. The van der Waals surface area contributed by atoms with Crippen LogP contribution in [0.3, 0.4) is 0 Å². The van der Waals surface area contributed by atoms with Crippen molar-refractivity contribution in [3.05, 3.63) is 58.0 Å². The molecule has 0 saturated heterocycles. The second kappa shape index (κ2) is 7.44. The van der Waals surface area contributed by atoms with Crippen LogP contribution in [0.15, 0.2) is 35.3 Å². The van der Waals surface area contributed by atoms with Gasteiger partial charge in [-0.2, -0.15) is 5.10 Å². The highest BCUT2D eigenvalue weighted by molar-refractivity contribution is 6.08. The fourth-order valence-electron chi connectivity index (χ4n) is 1.95. The van der Waals surface area contributed by atoms with Gasteiger partial charge in [-0.3, -0.25) is 14.9 Å². The summed E-state index contributed by atoms with van der Waals surface area (Å²) < 4.78 is 28.1. The molecule has 24 heavy (non-hydrogen) atoms. The first-order valence-corrected chi connectivity index (χ1v) is 7.06. The summed E-state index contributed by atoms with van der Waals surface area (Å²) in [5.41, 5.74) is -1.55. The molecule has 0 spiro atoms. The second-order valence-corrected chi connectivity index (χ2v) is 4.78. The van der Waals surface area contributed by atoms with Crippen molar-refractivity contribution in [1.29, 1.82) is 0 Å². The molecule has 0 unspecified atom stereocenters. The smallest absolute Gasteiger partial charge is 0.303 e. The molecule has 0 fully saturated rings. The standard InChI is InChI=1S/C15H14F2N4O3/c1-2-8-21-14(23)11(6-7-18-21)19-15(24)20-13(22)12-9(16)4-3-5-10(12)17/h3-7H,2,8H2,1H3,(H2,19,20,22,24). The average Bonchev–Trinajstić information content (AvgIpc) is 2.51. The summed E-state index contributed by atoms with van der Waals surface area (Å²) in [5, 5.41) is 7.76. The maximum Gasteiger partial charge on any atom is 0.326 e. The lowest BCUT2D eigenvalue weighted by molar-refractivity contribution is 0.0959. The van der Waals surface area contributed by atoms with E-state index in [4.69, 9.17) is 0 Å². The molecule has 0 atom stereocenters. The summed E-state index contributed by atoms with van der Waals surface area (Å²) in [4.78, 5) is 35.6. The van der Waals surface area contributed by atoms with Crippen LogP contribution >= 0.6 is 0 Å². The van der Waals surface area contributed by atoms with Crippen molar-refractivity contribution in [2.24, 2.45) is 0 Å². The summed E-state index contributed by atoms with van der Waals surface area (Å²) in [6.45, 7) is 2.21. The number of amides is 3. The Hall–Kier alpha value is -3.10. The highest BCUT2D eigenvalue weighted by Crippen LogP contribution is 2.11. The zero-order valence-corrected chi connectivity index (χ0v) is 12.7. The van der Waals surface area contributed by atoms with Crippen molar-refractivity contribution in [1.82, 2.24) is 15.1 Å². The molecule has 9 heteroatoms. The lowest BCUT2D eigenvalue weighted by Gasteiger charge is -2.09. The Morgan fingerprint density at radius 2 is 1.88 bits per heavy atom. The fourth-order valence-corrected chi connectivity index (χ4v) is 1.95. The van der Waals surface area contributed by atoms with Gasteiger partial charge in [-0.15, -0.1) is 0 Å². The summed E-state index contributed by atoms with van der Waals surface area (Å²) in [6, 6.07) is 3.04. The molecule has 7 nitrogen and oxygen atoms in total. The van der Waals surface area contributed by atoms with Gasteiger partial charge in [0, 0.05) is 12.7 Å². The molecule has 2 N–H and O–H groups in total. The van der Waals surface area contributed by atoms with E-state index >= 15 is 0 Å². The van der Waals surface area contributed by atoms with Crippen LogP contribution < -0.4 is 16.2 Å². The van der Waals surface area contributed by atoms with E-state index in [9.17, 15) is 23.2 Å². The Morgan fingerprint density at radius 3 is 2.50 bits per heavy atom. The second-order valence-electron chi connectivity index (χ2n) is 4.78. The third-order valence-electron chi connectivity index (χ3n) is 3.01. The van der Waals surface area contributed by atoms with E-state index in [2.05, 4.69) is 10.4 Å². The van der Waals surface area contributed by atoms with Gasteiger partial charge in [-0.25, -0.2) is 18.3 Å². The van der Waals surface area contributed by atoms with Gasteiger partial charge in [0.25, 0.3) is 11.5 Å². The highest BCUT2D eigenvalue weighted by atomic mass is 19.1. The molecular weight excluding hydrogens is 322 g/mol. The van der Waals surface area contributed by atoms with Gasteiger partial charge < -0.3 is 5.32 Å². The number of carbonyl (C=O) groups is 2. The van der Waals surface area contributed by atoms with Crippen molar-refractivity contribution in [2.45, 2.75) is 19.9 Å². The van der Waals surface area contributed by atoms with Gasteiger partial charge in [0.2, 0.25) is 0 Å². The van der Waals surface area contributed by atoms with E-state index in [0.29, 0.717) is 13.0 Å². The topological polar surface area (TPSA) is 93.1 Å². The lowest BCUT2D eigenvalue weighted by Crippen LogP contribution is -2.37. The normalized spacial score (nSPS) is 10.3. The largest absolute Gasteiger partial charge is 0.326 e. The number of halogens is 2. The van der Waals surface area contributed by atoms with Gasteiger partial charge in [0.15, 0.2) is 0 Å².